The first-order valence-electron chi connectivity index (χ1n) is 10.9. The topological polar surface area (TPSA) is 75.7 Å². The van der Waals surface area contributed by atoms with Crippen molar-refractivity contribution in [2.75, 3.05) is 4.90 Å². The number of amides is 1. The van der Waals surface area contributed by atoms with Crippen LogP contribution < -0.4 is 4.90 Å². The summed E-state index contributed by atoms with van der Waals surface area (Å²) in [5.41, 5.74) is 2.87. The predicted octanol–water partition coefficient (Wildman–Crippen LogP) is 5.71. The predicted molar refractivity (Wildman–Crippen MR) is 130 cm³/mol. The molecule has 2 aromatic heterocycles. The number of aliphatic hydroxyl groups excluding tert-OH is 1. The Bertz CT molecular complexity index is 1590. The number of rotatable bonds is 4. The van der Waals surface area contributed by atoms with Crippen LogP contribution in [0.4, 0.5) is 5.69 Å². The number of furan rings is 1. The number of aryl methyl sites for hydroxylation is 1. The van der Waals surface area contributed by atoms with Crippen LogP contribution in [0.25, 0.3) is 21.9 Å². The molecule has 1 atom stereocenters. The first-order valence-corrected chi connectivity index (χ1v) is 10.9. The second-order valence-corrected chi connectivity index (χ2v) is 8.37. The lowest BCUT2D eigenvalue weighted by atomic mass is 9.94. The molecule has 1 unspecified atom stereocenters. The second kappa shape index (κ2) is 7.49. The van der Waals surface area contributed by atoms with Crippen LogP contribution in [0.3, 0.4) is 0 Å². The Morgan fingerprint density at radius 2 is 1.65 bits per heavy atom. The molecule has 0 fully saturated rings. The highest BCUT2D eigenvalue weighted by molar-refractivity contribution is 6.21. The van der Waals surface area contributed by atoms with Gasteiger partial charge in [0.2, 0.25) is 5.78 Å². The summed E-state index contributed by atoms with van der Waals surface area (Å²) in [5, 5.41) is 12.7. The van der Waals surface area contributed by atoms with Gasteiger partial charge in [-0.25, -0.2) is 0 Å². The van der Waals surface area contributed by atoms with Crippen LogP contribution >= 0.6 is 0 Å². The fourth-order valence-electron chi connectivity index (χ4n) is 4.80. The van der Waals surface area contributed by atoms with E-state index in [0.29, 0.717) is 11.3 Å². The third-order valence-electron chi connectivity index (χ3n) is 6.36. The van der Waals surface area contributed by atoms with Gasteiger partial charge in [-0.2, -0.15) is 0 Å². The van der Waals surface area contributed by atoms with Crippen LogP contribution in [0.15, 0.2) is 107 Å². The molecule has 1 amide bonds. The average Bonchev–Trinajstić information content (AvgIpc) is 3.52. The summed E-state index contributed by atoms with van der Waals surface area (Å²) >= 11 is 0. The molecule has 0 aliphatic carbocycles. The monoisotopic (exact) mass is 448 g/mol. The molecule has 1 aliphatic rings. The molecule has 6 nitrogen and oxygen atoms in total. The molecule has 166 valence electrons. The molecule has 3 aromatic carbocycles. The van der Waals surface area contributed by atoms with Gasteiger partial charge in [-0.3, -0.25) is 14.5 Å². The smallest absolute Gasteiger partial charge is 0.294 e. The zero-order chi connectivity index (χ0) is 23.4. The standard InChI is InChI=1S/C28H20N2O4/c1-29-16-20(19-12-6-7-13-21(19)29)25-24(26(31)23-15-17-9-5-8-14-22(17)34-23)27(32)28(33)30(25)18-10-3-2-4-11-18/h2-16,25,32H,1H3. The number of anilines is 1. The van der Waals surface area contributed by atoms with Gasteiger partial charge >= 0.3 is 0 Å². The Balaban J connectivity index is 1.58. The minimum Gasteiger partial charge on any atom is -0.503 e. The summed E-state index contributed by atoms with van der Waals surface area (Å²) in [6.45, 7) is 0. The van der Waals surface area contributed by atoms with Gasteiger partial charge in [0.1, 0.15) is 5.58 Å². The Hall–Kier alpha value is -4.58. The first kappa shape index (κ1) is 20.1. The van der Waals surface area contributed by atoms with E-state index in [1.807, 2.05) is 78.5 Å². The summed E-state index contributed by atoms with van der Waals surface area (Å²) in [5.74, 6) is -1.62. The van der Waals surface area contributed by atoms with Gasteiger partial charge < -0.3 is 14.1 Å². The fourth-order valence-corrected chi connectivity index (χ4v) is 4.80. The summed E-state index contributed by atoms with van der Waals surface area (Å²) in [7, 11) is 1.92. The summed E-state index contributed by atoms with van der Waals surface area (Å²) in [4.78, 5) is 28.6. The van der Waals surface area contributed by atoms with Crippen LogP contribution in [0.1, 0.15) is 22.2 Å². The van der Waals surface area contributed by atoms with Gasteiger partial charge in [0.15, 0.2) is 11.5 Å². The second-order valence-electron chi connectivity index (χ2n) is 8.37. The molecular formula is C28H20N2O4. The van der Waals surface area contributed by atoms with E-state index in [2.05, 4.69) is 0 Å². The maximum atomic E-state index is 13.8. The molecule has 0 bridgehead atoms. The van der Waals surface area contributed by atoms with Crippen molar-refractivity contribution in [3.05, 3.63) is 114 Å². The van der Waals surface area contributed by atoms with Crippen molar-refractivity contribution in [3.63, 3.8) is 0 Å². The average molecular weight is 448 g/mol. The lowest BCUT2D eigenvalue weighted by molar-refractivity contribution is -0.117. The number of benzene rings is 3. The molecule has 6 rings (SSSR count). The Kier molecular flexibility index (Phi) is 4.42. The largest absolute Gasteiger partial charge is 0.503 e. The van der Waals surface area contributed by atoms with Gasteiger partial charge in [0, 0.05) is 40.8 Å². The number of aromatic nitrogens is 1. The summed E-state index contributed by atoms with van der Waals surface area (Å²) in [6, 6.07) is 25.0. The molecule has 1 N–H and O–H groups in total. The van der Waals surface area contributed by atoms with E-state index in [1.165, 1.54) is 4.90 Å². The van der Waals surface area contributed by atoms with Gasteiger partial charge in [-0.1, -0.05) is 54.6 Å². The van der Waals surface area contributed by atoms with Crippen molar-refractivity contribution in [2.24, 2.45) is 7.05 Å². The number of carbonyl (C=O) groups is 2. The highest BCUT2D eigenvalue weighted by Gasteiger charge is 2.46. The van der Waals surface area contributed by atoms with Crippen molar-refractivity contribution in [2.45, 2.75) is 6.04 Å². The first-order chi connectivity index (χ1) is 16.5. The maximum absolute atomic E-state index is 13.8. The molecule has 3 heterocycles. The summed E-state index contributed by atoms with van der Waals surface area (Å²) < 4.78 is 7.77. The number of fused-ring (bicyclic) bond motifs is 2. The Labute approximate surface area is 194 Å². The normalized spacial score (nSPS) is 16.2. The van der Waals surface area contributed by atoms with Crippen LogP contribution in [0.2, 0.25) is 0 Å². The lowest BCUT2D eigenvalue weighted by Gasteiger charge is -2.26. The third kappa shape index (κ3) is 2.89. The quantitative estimate of drug-likeness (QED) is 0.358. The van der Waals surface area contributed by atoms with Gasteiger partial charge in [-0.05, 0) is 30.3 Å². The van der Waals surface area contributed by atoms with Gasteiger partial charge in [-0.15, -0.1) is 0 Å². The number of nitrogens with zero attached hydrogens (tertiary/aromatic N) is 2. The van der Waals surface area contributed by atoms with E-state index in [9.17, 15) is 14.7 Å². The van der Waals surface area contributed by atoms with Crippen LogP contribution in [0, 0.1) is 0 Å². The Morgan fingerprint density at radius 3 is 2.44 bits per heavy atom. The van der Waals surface area contributed by atoms with E-state index < -0.39 is 23.5 Å². The zero-order valence-corrected chi connectivity index (χ0v) is 18.3. The zero-order valence-electron chi connectivity index (χ0n) is 18.3. The number of ketones is 1. The van der Waals surface area contributed by atoms with E-state index in [0.717, 1.165) is 21.9 Å². The molecule has 0 spiro atoms. The minimum absolute atomic E-state index is 0.00395. The van der Waals surface area contributed by atoms with E-state index in [1.54, 1.807) is 24.3 Å². The highest BCUT2D eigenvalue weighted by atomic mass is 16.3. The van der Waals surface area contributed by atoms with Crippen molar-refractivity contribution in [1.29, 1.82) is 0 Å². The lowest BCUT2D eigenvalue weighted by Crippen LogP contribution is -2.30. The van der Waals surface area contributed by atoms with Crippen molar-refractivity contribution < 1.29 is 19.1 Å². The molecule has 1 aliphatic heterocycles. The van der Waals surface area contributed by atoms with Crippen LogP contribution in [0.5, 0.6) is 0 Å². The van der Waals surface area contributed by atoms with Gasteiger partial charge in [0.05, 0.1) is 11.6 Å². The molecular weight excluding hydrogens is 428 g/mol. The molecule has 0 saturated heterocycles. The van der Waals surface area contributed by atoms with Crippen molar-refractivity contribution >= 4 is 39.2 Å². The Morgan fingerprint density at radius 1 is 0.941 bits per heavy atom. The number of Topliss-reactive ketones (excluding diaryl/α,β-unsaturated/α-hetero) is 1. The number of carbonyl (C=O) groups excluding carboxylic acids is 2. The number of aliphatic hydroxyl groups is 1. The van der Waals surface area contributed by atoms with E-state index >= 15 is 0 Å². The SMILES string of the molecule is Cn1cc(C2C(C(=O)c3cc4ccccc4o3)=C(O)C(=O)N2c2ccccc2)c2ccccc21. The van der Waals surface area contributed by atoms with Crippen molar-refractivity contribution in [1.82, 2.24) is 4.57 Å². The molecule has 5 aromatic rings. The van der Waals surface area contributed by atoms with Crippen LogP contribution in [-0.4, -0.2) is 21.4 Å². The third-order valence-corrected chi connectivity index (χ3v) is 6.36. The number of para-hydroxylation sites is 3. The van der Waals surface area contributed by atoms with E-state index in [-0.39, 0.29) is 11.3 Å². The molecule has 0 radical (unpaired) electrons. The van der Waals surface area contributed by atoms with Gasteiger partial charge in [0.25, 0.3) is 5.91 Å². The fraction of sp³-hybridized carbons (Fsp3) is 0.0714. The molecule has 34 heavy (non-hydrogen) atoms. The molecule has 6 heteroatoms. The van der Waals surface area contributed by atoms with E-state index in [4.69, 9.17) is 4.42 Å². The maximum Gasteiger partial charge on any atom is 0.294 e. The number of hydrogen-bond donors (Lipinski definition) is 1. The highest BCUT2D eigenvalue weighted by Crippen LogP contribution is 2.44. The van der Waals surface area contributed by atoms with Crippen molar-refractivity contribution in [3.8, 4) is 0 Å². The van der Waals surface area contributed by atoms with Crippen LogP contribution in [-0.2, 0) is 11.8 Å². The minimum atomic E-state index is -0.818. The molecule has 0 saturated carbocycles. The number of hydrogen-bond acceptors (Lipinski definition) is 4. The summed E-state index contributed by atoms with van der Waals surface area (Å²) in [6.07, 6.45) is 1.91.